The Morgan fingerprint density at radius 1 is 1.10 bits per heavy atom. The quantitative estimate of drug-likeness (QED) is 0.604. The predicted octanol–water partition coefficient (Wildman–Crippen LogP) is 1.51. The number of sulfonamides is 1. The van der Waals surface area contributed by atoms with Crippen LogP contribution in [0.5, 0.6) is 5.75 Å². The number of anilines is 1. The first kappa shape index (κ1) is 22.0. The topological polar surface area (TPSA) is 91.8 Å². The highest BCUT2D eigenvalue weighted by Gasteiger charge is 2.27. The van der Waals surface area contributed by atoms with Gasteiger partial charge >= 0.3 is 0 Å². The van der Waals surface area contributed by atoms with Crippen molar-refractivity contribution in [2.45, 2.75) is 19.4 Å². The van der Waals surface area contributed by atoms with Gasteiger partial charge in [0, 0.05) is 38.9 Å². The minimum absolute atomic E-state index is 0.00475. The molecule has 1 aliphatic heterocycles. The molecule has 1 aromatic heterocycles. The van der Waals surface area contributed by atoms with Gasteiger partial charge < -0.3 is 15.0 Å². The zero-order valence-electron chi connectivity index (χ0n) is 17.1. The number of para-hydroxylation sites is 1. The van der Waals surface area contributed by atoms with Gasteiger partial charge in [-0.05, 0) is 37.6 Å². The molecule has 1 atom stereocenters. The standard InChI is InChI=1S/C21H28N4O4S/c1-18(29-19-8-3-2-4-9-19)21(26)23-12-7-17-30(27,28)25-15-13-24(14-16-25)20-10-5-6-11-22-20/h2-6,8-11,18H,7,12-17H2,1H3,(H,23,26)/t18-/m1/s1. The maximum Gasteiger partial charge on any atom is 0.260 e. The summed E-state index contributed by atoms with van der Waals surface area (Å²) in [5, 5.41) is 2.74. The second kappa shape index (κ2) is 10.4. The molecule has 0 aliphatic carbocycles. The third kappa shape index (κ3) is 6.17. The van der Waals surface area contributed by atoms with E-state index >= 15 is 0 Å². The SMILES string of the molecule is C[C@@H](Oc1ccccc1)C(=O)NCCCS(=O)(=O)N1CCN(c2ccccn2)CC1. The zero-order chi connectivity index (χ0) is 21.4. The molecule has 1 aliphatic rings. The van der Waals surface area contributed by atoms with Crippen molar-refractivity contribution in [2.75, 3.05) is 43.4 Å². The van der Waals surface area contributed by atoms with Gasteiger partial charge in [-0.25, -0.2) is 13.4 Å². The Balaban J connectivity index is 1.37. The number of amides is 1. The highest BCUT2D eigenvalue weighted by atomic mass is 32.2. The van der Waals surface area contributed by atoms with E-state index in [1.54, 1.807) is 25.3 Å². The minimum Gasteiger partial charge on any atom is -0.481 e. The van der Waals surface area contributed by atoms with Crippen molar-refractivity contribution in [2.24, 2.45) is 0 Å². The molecule has 1 saturated heterocycles. The number of aromatic nitrogens is 1. The molecule has 0 spiro atoms. The van der Waals surface area contributed by atoms with Crippen LogP contribution < -0.4 is 15.0 Å². The maximum absolute atomic E-state index is 12.6. The fraction of sp³-hybridized carbons (Fsp3) is 0.429. The number of carbonyl (C=O) groups is 1. The molecular formula is C21H28N4O4S. The van der Waals surface area contributed by atoms with Crippen LogP contribution in [0, 0.1) is 0 Å². The molecule has 3 rings (SSSR count). The average Bonchev–Trinajstić information content (AvgIpc) is 2.78. The van der Waals surface area contributed by atoms with Crippen LogP contribution in [-0.2, 0) is 14.8 Å². The van der Waals surface area contributed by atoms with Crippen LogP contribution in [0.4, 0.5) is 5.82 Å². The van der Waals surface area contributed by atoms with E-state index in [4.69, 9.17) is 4.74 Å². The second-order valence-electron chi connectivity index (χ2n) is 7.11. The second-order valence-corrected chi connectivity index (χ2v) is 9.20. The summed E-state index contributed by atoms with van der Waals surface area (Å²) in [5.74, 6) is 1.22. The number of nitrogens with zero attached hydrogens (tertiary/aromatic N) is 3. The first-order valence-corrected chi connectivity index (χ1v) is 11.7. The van der Waals surface area contributed by atoms with E-state index in [0.29, 0.717) is 38.3 Å². The molecule has 0 unspecified atom stereocenters. The summed E-state index contributed by atoms with van der Waals surface area (Å²) in [6, 6.07) is 14.8. The number of hydrogen-bond donors (Lipinski definition) is 1. The molecule has 8 nitrogen and oxygen atoms in total. The summed E-state index contributed by atoms with van der Waals surface area (Å²) in [6.45, 7) is 4.05. The summed E-state index contributed by atoms with van der Waals surface area (Å²) >= 11 is 0. The van der Waals surface area contributed by atoms with Crippen molar-refractivity contribution < 1.29 is 17.9 Å². The number of ether oxygens (including phenoxy) is 1. The third-order valence-corrected chi connectivity index (χ3v) is 6.87. The van der Waals surface area contributed by atoms with Gasteiger partial charge in [0.2, 0.25) is 10.0 Å². The van der Waals surface area contributed by atoms with Crippen LogP contribution >= 0.6 is 0 Å². The van der Waals surface area contributed by atoms with Gasteiger partial charge in [-0.1, -0.05) is 24.3 Å². The number of piperazine rings is 1. The summed E-state index contributed by atoms with van der Waals surface area (Å²) < 4.78 is 32.3. The number of hydrogen-bond acceptors (Lipinski definition) is 6. The van der Waals surface area contributed by atoms with E-state index in [1.807, 2.05) is 36.4 Å². The average molecular weight is 433 g/mol. The highest BCUT2D eigenvalue weighted by molar-refractivity contribution is 7.89. The van der Waals surface area contributed by atoms with Crippen LogP contribution in [0.15, 0.2) is 54.7 Å². The summed E-state index contributed by atoms with van der Waals surface area (Å²) in [7, 11) is -3.35. The lowest BCUT2D eigenvalue weighted by molar-refractivity contribution is -0.127. The van der Waals surface area contributed by atoms with Crippen LogP contribution in [0.3, 0.4) is 0 Å². The van der Waals surface area contributed by atoms with E-state index in [0.717, 1.165) is 5.82 Å². The van der Waals surface area contributed by atoms with Crippen LogP contribution in [0.2, 0.25) is 0 Å². The fourth-order valence-electron chi connectivity index (χ4n) is 3.23. The Morgan fingerprint density at radius 2 is 1.80 bits per heavy atom. The molecule has 1 N–H and O–H groups in total. The van der Waals surface area contributed by atoms with Gasteiger partial charge in [0.05, 0.1) is 5.75 Å². The van der Waals surface area contributed by atoms with Gasteiger partial charge in [-0.2, -0.15) is 4.31 Å². The number of carbonyl (C=O) groups excluding carboxylic acids is 1. The van der Waals surface area contributed by atoms with Gasteiger partial charge in [-0.3, -0.25) is 4.79 Å². The molecule has 162 valence electrons. The predicted molar refractivity (Wildman–Crippen MR) is 116 cm³/mol. The molecule has 2 aromatic rings. The molecule has 9 heteroatoms. The molecular weight excluding hydrogens is 404 g/mol. The summed E-state index contributed by atoms with van der Waals surface area (Å²) in [5.41, 5.74) is 0. The Bertz CT molecular complexity index is 901. The Labute approximate surface area is 177 Å². The van der Waals surface area contributed by atoms with E-state index < -0.39 is 16.1 Å². The molecule has 0 bridgehead atoms. The van der Waals surface area contributed by atoms with Crippen molar-refractivity contribution in [3.05, 3.63) is 54.7 Å². The van der Waals surface area contributed by atoms with Crippen molar-refractivity contribution >= 4 is 21.7 Å². The normalized spacial score (nSPS) is 16.1. The molecule has 1 aromatic carbocycles. The van der Waals surface area contributed by atoms with E-state index in [9.17, 15) is 13.2 Å². The Morgan fingerprint density at radius 3 is 2.47 bits per heavy atom. The monoisotopic (exact) mass is 432 g/mol. The van der Waals surface area contributed by atoms with Crippen molar-refractivity contribution in [3.8, 4) is 5.75 Å². The van der Waals surface area contributed by atoms with Crippen molar-refractivity contribution in [1.82, 2.24) is 14.6 Å². The van der Waals surface area contributed by atoms with E-state index in [1.165, 1.54) is 4.31 Å². The molecule has 30 heavy (non-hydrogen) atoms. The fourth-order valence-corrected chi connectivity index (χ4v) is 4.72. The molecule has 1 amide bonds. The Hall–Kier alpha value is -2.65. The number of pyridine rings is 1. The largest absolute Gasteiger partial charge is 0.481 e. The molecule has 1 fully saturated rings. The summed E-state index contributed by atoms with van der Waals surface area (Å²) in [6.07, 6.45) is 1.44. The van der Waals surface area contributed by atoms with Gasteiger partial charge in [-0.15, -0.1) is 0 Å². The number of benzene rings is 1. The molecule has 0 saturated carbocycles. The maximum atomic E-state index is 12.6. The lowest BCUT2D eigenvalue weighted by atomic mass is 10.3. The molecule has 0 radical (unpaired) electrons. The van der Waals surface area contributed by atoms with Crippen LogP contribution in [0.1, 0.15) is 13.3 Å². The summed E-state index contributed by atoms with van der Waals surface area (Å²) in [4.78, 5) is 18.5. The number of rotatable bonds is 9. The van der Waals surface area contributed by atoms with E-state index in [2.05, 4.69) is 15.2 Å². The van der Waals surface area contributed by atoms with Gasteiger partial charge in [0.25, 0.3) is 5.91 Å². The van der Waals surface area contributed by atoms with Gasteiger partial charge in [0.15, 0.2) is 6.10 Å². The van der Waals surface area contributed by atoms with Crippen LogP contribution in [0.25, 0.3) is 0 Å². The lowest BCUT2D eigenvalue weighted by Gasteiger charge is -2.34. The lowest BCUT2D eigenvalue weighted by Crippen LogP contribution is -2.49. The smallest absolute Gasteiger partial charge is 0.260 e. The van der Waals surface area contributed by atoms with Crippen molar-refractivity contribution in [1.29, 1.82) is 0 Å². The van der Waals surface area contributed by atoms with E-state index in [-0.39, 0.29) is 18.2 Å². The first-order valence-electron chi connectivity index (χ1n) is 10.1. The highest BCUT2D eigenvalue weighted by Crippen LogP contribution is 2.15. The zero-order valence-corrected chi connectivity index (χ0v) is 17.9. The van der Waals surface area contributed by atoms with Crippen molar-refractivity contribution in [3.63, 3.8) is 0 Å². The number of nitrogens with one attached hydrogen (secondary N) is 1. The first-order chi connectivity index (χ1) is 14.5. The Kier molecular flexibility index (Phi) is 7.64. The van der Waals surface area contributed by atoms with Gasteiger partial charge in [0.1, 0.15) is 11.6 Å². The minimum atomic E-state index is -3.35. The van der Waals surface area contributed by atoms with Crippen LogP contribution in [-0.4, -0.2) is 68.2 Å². The third-order valence-electron chi connectivity index (χ3n) is 4.91. The molecule has 2 heterocycles.